The van der Waals surface area contributed by atoms with Crippen molar-refractivity contribution in [2.45, 2.75) is 6.54 Å². The van der Waals surface area contributed by atoms with Crippen LogP contribution in [0.5, 0.6) is 0 Å². The summed E-state index contributed by atoms with van der Waals surface area (Å²) in [6.45, 7) is 1.66. The van der Waals surface area contributed by atoms with Gasteiger partial charge in [0.05, 0.1) is 5.69 Å². The smallest absolute Gasteiger partial charge is 0.152 e. The Morgan fingerprint density at radius 3 is 2.68 bits per heavy atom. The summed E-state index contributed by atoms with van der Waals surface area (Å²) in [6.07, 6.45) is 5.17. The standard InChI is InChI=1S/C17H15NO/c19-13-16-9-4-8-15-10-5-11-18(17(15)16)12-14-6-2-1-3-7-14/h1-10,13H,11-12H2. The van der Waals surface area contributed by atoms with Gasteiger partial charge in [0.15, 0.2) is 6.29 Å². The number of para-hydroxylation sites is 1. The monoisotopic (exact) mass is 249 g/mol. The number of carbonyl (C=O) groups excluding carboxylic acids is 1. The van der Waals surface area contributed by atoms with Crippen LogP contribution >= 0.6 is 0 Å². The Bertz CT molecular complexity index is 616. The quantitative estimate of drug-likeness (QED) is 0.775. The van der Waals surface area contributed by atoms with Crippen molar-refractivity contribution in [1.82, 2.24) is 0 Å². The highest BCUT2D eigenvalue weighted by molar-refractivity contribution is 5.90. The minimum Gasteiger partial charge on any atom is -0.362 e. The molecular weight excluding hydrogens is 234 g/mol. The van der Waals surface area contributed by atoms with E-state index in [1.54, 1.807) is 0 Å². The van der Waals surface area contributed by atoms with E-state index in [2.05, 4.69) is 35.3 Å². The summed E-state index contributed by atoms with van der Waals surface area (Å²) in [5.74, 6) is 0. The van der Waals surface area contributed by atoms with E-state index in [1.165, 1.54) is 5.56 Å². The predicted octanol–water partition coefficient (Wildman–Crippen LogP) is 3.53. The number of benzene rings is 2. The molecule has 0 N–H and O–H groups in total. The number of rotatable bonds is 3. The Morgan fingerprint density at radius 1 is 1.05 bits per heavy atom. The number of anilines is 1. The molecule has 2 nitrogen and oxygen atoms in total. The topological polar surface area (TPSA) is 20.3 Å². The molecule has 94 valence electrons. The predicted molar refractivity (Wildman–Crippen MR) is 78.4 cm³/mol. The molecule has 0 aliphatic carbocycles. The van der Waals surface area contributed by atoms with Gasteiger partial charge in [-0.05, 0) is 17.2 Å². The van der Waals surface area contributed by atoms with Crippen molar-refractivity contribution in [1.29, 1.82) is 0 Å². The maximum atomic E-state index is 11.2. The summed E-state index contributed by atoms with van der Waals surface area (Å²) in [5.41, 5.74) is 4.18. The van der Waals surface area contributed by atoms with E-state index >= 15 is 0 Å². The van der Waals surface area contributed by atoms with Crippen LogP contribution in [-0.2, 0) is 6.54 Å². The van der Waals surface area contributed by atoms with Gasteiger partial charge in [-0.15, -0.1) is 0 Å². The van der Waals surface area contributed by atoms with Gasteiger partial charge in [-0.3, -0.25) is 4.79 Å². The molecule has 19 heavy (non-hydrogen) atoms. The molecule has 0 radical (unpaired) electrons. The molecule has 2 aromatic carbocycles. The Balaban J connectivity index is 1.98. The molecule has 1 aliphatic heterocycles. The van der Waals surface area contributed by atoms with Crippen LogP contribution in [0.4, 0.5) is 5.69 Å². The van der Waals surface area contributed by atoms with E-state index in [9.17, 15) is 4.79 Å². The third-order valence-electron chi connectivity index (χ3n) is 3.38. The van der Waals surface area contributed by atoms with Gasteiger partial charge >= 0.3 is 0 Å². The molecule has 0 saturated carbocycles. The molecule has 1 heterocycles. The highest BCUT2D eigenvalue weighted by atomic mass is 16.1. The fourth-order valence-electron chi connectivity index (χ4n) is 2.52. The first-order valence-electron chi connectivity index (χ1n) is 6.42. The molecule has 0 saturated heterocycles. The number of carbonyl (C=O) groups is 1. The molecule has 0 bridgehead atoms. The lowest BCUT2D eigenvalue weighted by atomic mass is 10.0. The van der Waals surface area contributed by atoms with Gasteiger partial charge in [0.1, 0.15) is 0 Å². The molecule has 0 atom stereocenters. The summed E-state index contributed by atoms with van der Waals surface area (Å²) in [6, 6.07) is 16.2. The Hall–Kier alpha value is -2.35. The van der Waals surface area contributed by atoms with Crippen LogP contribution in [0.15, 0.2) is 54.6 Å². The third-order valence-corrected chi connectivity index (χ3v) is 3.38. The second-order valence-corrected chi connectivity index (χ2v) is 4.67. The van der Waals surface area contributed by atoms with Crippen LogP contribution in [0.2, 0.25) is 0 Å². The van der Waals surface area contributed by atoms with Gasteiger partial charge in [0.25, 0.3) is 0 Å². The number of hydrogen-bond acceptors (Lipinski definition) is 2. The average Bonchev–Trinajstić information content (AvgIpc) is 2.48. The SMILES string of the molecule is O=Cc1cccc2c1N(Cc1ccccc1)CC=C2. The number of aldehydes is 1. The van der Waals surface area contributed by atoms with Crippen molar-refractivity contribution in [2.75, 3.05) is 11.4 Å². The Labute approximate surface area is 113 Å². The Morgan fingerprint density at radius 2 is 1.89 bits per heavy atom. The van der Waals surface area contributed by atoms with Gasteiger partial charge in [-0.1, -0.05) is 54.6 Å². The largest absolute Gasteiger partial charge is 0.362 e. The van der Waals surface area contributed by atoms with E-state index < -0.39 is 0 Å². The second-order valence-electron chi connectivity index (χ2n) is 4.67. The molecule has 0 aromatic heterocycles. The molecule has 2 heteroatoms. The molecule has 0 amide bonds. The van der Waals surface area contributed by atoms with Crippen LogP contribution in [0.3, 0.4) is 0 Å². The highest BCUT2D eigenvalue weighted by Gasteiger charge is 2.16. The molecule has 3 rings (SSSR count). The zero-order valence-electron chi connectivity index (χ0n) is 10.6. The van der Waals surface area contributed by atoms with Gasteiger partial charge in [0, 0.05) is 18.7 Å². The first kappa shape index (κ1) is 11.7. The van der Waals surface area contributed by atoms with Gasteiger partial charge < -0.3 is 4.90 Å². The van der Waals surface area contributed by atoms with Crippen molar-refractivity contribution in [3.63, 3.8) is 0 Å². The fraction of sp³-hybridized carbons (Fsp3) is 0.118. The first-order valence-corrected chi connectivity index (χ1v) is 6.42. The molecule has 2 aromatic rings. The van der Waals surface area contributed by atoms with Crippen LogP contribution in [0.1, 0.15) is 21.5 Å². The number of fused-ring (bicyclic) bond motifs is 1. The van der Waals surface area contributed by atoms with Crippen molar-refractivity contribution < 1.29 is 4.79 Å². The maximum absolute atomic E-state index is 11.2. The lowest BCUT2D eigenvalue weighted by Gasteiger charge is -2.29. The average molecular weight is 249 g/mol. The molecule has 0 unspecified atom stereocenters. The zero-order chi connectivity index (χ0) is 13.1. The highest BCUT2D eigenvalue weighted by Crippen LogP contribution is 2.30. The lowest BCUT2D eigenvalue weighted by molar-refractivity contribution is 0.112. The molecular formula is C17H15NO. The molecule has 0 fully saturated rings. The molecule has 1 aliphatic rings. The van der Waals surface area contributed by atoms with Crippen molar-refractivity contribution in [2.24, 2.45) is 0 Å². The van der Waals surface area contributed by atoms with Crippen LogP contribution in [0.25, 0.3) is 6.08 Å². The van der Waals surface area contributed by atoms with Gasteiger partial charge in [-0.2, -0.15) is 0 Å². The number of hydrogen-bond donors (Lipinski definition) is 0. The van der Waals surface area contributed by atoms with E-state index in [0.717, 1.165) is 36.2 Å². The third kappa shape index (κ3) is 2.29. The van der Waals surface area contributed by atoms with Crippen molar-refractivity contribution >= 4 is 18.0 Å². The van der Waals surface area contributed by atoms with E-state index in [4.69, 9.17) is 0 Å². The van der Waals surface area contributed by atoms with E-state index in [1.807, 2.05) is 30.3 Å². The van der Waals surface area contributed by atoms with Gasteiger partial charge in [-0.25, -0.2) is 0 Å². The molecule has 0 spiro atoms. The normalized spacial score (nSPS) is 13.2. The summed E-state index contributed by atoms with van der Waals surface area (Å²) in [7, 11) is 0. The maximum Gasteiger partial charge on any atom is 0.152 e. The fourth-order valence-corrected chi connectivity index (χ4v) is 2.52. The number of nitrogens with zero attached hydrogens (tertiary/aromatic N) is 1. The summed E-state index contributed by atoms with van der Waals surface area (Å²) >= 11 is 0. The van der Waals surface area contributed by atoms with E-state index in [0.29, 0.717) is 0 Å². The van der Waals surface area contributed by atoms with Gasteiger partial charge in [0.2, 0.25) is 0 Å². The minimum absolute atomic E-state index is 0.762. The first-order chi connectivity index (χ1) is 9.38. The van der Waals surface area contributed by atoms with Crippen molar-refractivity contribution in [3.05, 3.63) is 71.3 Å². The lowest BCUT2D eigenvalue weighted by Crippen LogP contribution is -2.26. The Kier molecular flexibility index (Phi) is 3.15. The van der Waals surface area contributed by atoms with Crippen molar-refractivity contribution in [3.8, 4) is 0 Å². The summed E-state index contributed by atoms with van der Waals surface area (Å²) < 4.78 is 0. The summed E-state index contributed by atoms with van der Waals surface area (Å²) in [5, 5.41) is 0. The zero-order valence-corrected chi connectivity index (χ0v) is 10.6. The van der Waals surface area contributed by atoms with Crippen LogP contribution < -0.4 is 4.90 Å². The van der Waals surface area contributed by atoms with E-state index in [-0.39, 0.29) is 0 Å². The summed E-state index contributed by atoms with van der Waals surface area (Å²) in [4.78, 5) is 13.5. The second kappa shape index (κ2) is 5.11. The van der Waals surface area contributed by atoms with Crippen LogP contribution in [0, 0.1) is 0 Å². The van der Waals surface area contributed by atoms with Crippen LogP contribution in [-0.4, -0.2) is 12.8 Å². The minimum atomic E-state index is 0.762.